The molecule has 1 heterocycles. The summed E-state index contributed by atoms with van der Waals surface area (Å²) in [5, 5.41) is 3.92. The zero-order valence-electron chi connectivity index (χ0n) is 8.70. The second kappa shape index (κ2) is 4.10. The van der Waals surface area contributed by atoms with Crippen molar-refractivity contribution in [2.75, 3.05) is 25.1 Å². The fraction of sp³-hybridized carbons (Fsp3) is 0.875. The minimum absolute atomic E-state index is 0.414. The lowest BCUT2D eigenvalue weighted by Gasteiger charge is -2.22. The van der Waals surface area contributed by atoms with Crippen molar-refractivity contribution in [3.63, 3.8) is 0 Å². The topological polar surface area (TPSA) is 58.5 Å². The highest BCUT2D eigenvalue weighted by atomic mass is 32.2. The third-order valence-corrected chi connectivity index (χ3v) is 5.34. The minimum atomic E-state index is -3.02. The lowest BCUT2D eigenvalue weighted by Crippen LogP contribution is -2.42. The van der Waals surface area contributed by atoms with Crippen molar-refractivity contribution >= 4 is 26.8 Å². The van der Waals surface area contributed by atoms with Gasteiger partial charge in [0.15, 0.2) is 15.0 Å². The van der Waals surface area contributed by atoms with Crippen LogP contribution in [0.25, 0.3) is 0 Å². The molecule has 1 aliphatic rings. The van der Waals surface area contributed by atoms with Gasteiger partial charge in [-0.25, -0.2) is 8.42 Å². The van der Waals surface area contributed by atoms with Gasteiger partial charge in [0.1, 0.15) is 0 Å². The Morgan fingerprint density at radius 2 is 2.21 bits per heavy atom. The first-order valence-corrected chi connectivity index (χ1v) is 7.31. The molecule has 0 aromatic rings. The van der Waals surface area contributed by atoms with Gasteiger partial charge >= 0.3 is 0 Å². The molecular formula is C8H16N2O2S2. The van der Waals surface area contributed by atoms with Crippen LogP contribution in [0.5, 0.6) is 0 Å². The molecule has 6 heteroatoms. The molecular weight excluding hydrogens is 220 g/mol. The summed E-state index contributed by atoms with van der Waals surface area (Å²) in [5.74, 6) is 0.988. The highest BCUT2D eigenvalue weighted by Gasteiger charge is 2.30. The van der Waals surface area contributed by atoms with Gasteiger partial charge in [-0.2, -0.15) is 0 Å². The highest BCUT2D eigenvalue weighted by Crippen LogP contribution is 2.15. The Morgan fingerprint density at radius 1 is 1.57 bits per heavy atom. The molecule has 0 saturated carbocycles. The van der Waals surface area contributed by atoms with Gasteiger partial charge in [0.25, 0.3) is 0 Å². The molecule has 0 bridgehead atoms. The molecule has 1 aliphatic heterocycles. The summed E-state index contributed by atoms with van der Waals surface area (Å²) in [7, 11) is -3.02. The number of hydrogen-bond acceptors (Lipinski definition) is 5. The maximum Gasteiger partial charge on any atom is 0.156 e. The third-order valence-electron chi connectivity index (χ3n) is 2.25. The Balaban J connectivity index is 2.52. The molecule has 0 saturated heterocycles. The van der Waals surface area contributed by atoms with E-state index in [1.165, 1.54) is 6.26 Å². The minimum Gasteiger partial charge on any atom is -0.363 e. The van der Waals surface area contributed by atoms with Crippen LogP contribution in [0.15, 0.2) is 4.99 Å². The molecule has 0 spiro atoms. The summed E-state index contributed by atoms with van der Waals surface area (Å²) in [6.07, 6.45) is 1.26. The number of sulfone groups is 1. The standard InChI is InChI=1S/C8H16N2O2S2/c1-8(2,14(3,11)12)6-10-7-9-4-5-13-7/h4-6H2,1-3H3,(H,9,10). The van der Waals surface area contributed by atoms with E-state index in [0.717, 1.165) is 17.5 Å². The number of hydrogen-bond donors (Lipinski definition) is 1. The second-order valence-corrected chi connectivity index (χ2v) is 7.65. The van der Waals surface area contributed by atoms with Crippen molar-refractivity contribution in [2.45, 2.75) is 18.6 Å². The normalized spacial score (nSPS) is 18.1. The predicted molar refractivity (Wildman–Crippen MR) is 61.7 cm³/mol. The van der Waals surface area contributed by atoms with Crippen LogP contribution in [0.2, 0.25) is 0 Å². The van der Waals surface area contributed by atoms with Crippen molar-refractivity contribution in [3.05, 3.63) is 0 Å². The lowest BCUT2D eigenvalue weighted by molar-refractivity contribution is 0.547. The van der Waals surface area contributed by atoms with Crippen molar-refractivity contribution in [2.24, 2.45) is 4.99 Å². The van der Waals surface area contributed by atoms with Crippen molar-refractivity contribution < 1.29 is 8.42 Å². The first kappa shape index (κ1) is 11.8. The Bertz CT molecular complexity index is 333. The molecule has 0 amide bonds. The van der Waals surface area contributed by atoms with Crippen LogP contribution in [-0.2, 0) is 9.84 Å². The van der Waals surface area contributed by atoms with Crippen LogP contribution in [0.3, 0.4) is 0 Å². The van der Waals surface area contributed by atoms with Crippen LogP contribution in [0.4, 0.5) is 0 Å². The van der Waals surface area contributed by atoms with Crippen LogP contribution in [0.1, 0.15) is 13.8 Å². The van der Waals surface area contributed by atoms with Gasteiger partial charge in [-0.1, -0.05) is 11.8 Å². The summed E-state index contributed by atoms with van der Waals surface area (Å²) >= 11 is 1.64. The van der Waals surface area contributed by atoms with Gasteiger partial charge < -0.3 is 5.32 Å². The molecule has 4 nitrogen and oxygen atoms in total. The van der Waals surface area contributed by atoms with Crippen molar-refractivity contribution in [1.82, 2.24) is 5.32 Å². The average molecular weight is 236 g/mol. The summed E-state index contributed by atoms with van der Waals surface area (Å²) < 4.78 is 22.0. The molecule has 0 aliphatic carbocycles. The highest BCUT2D eigenvalue weighted by molar-refractivity contribution is 8.14. The molecule has 1 N–H and O–H groups in total. The largest absolute Gasteiger partial charge is 0.363 e. The molecule has 0 aromatic heterocycles. The summed E-state index contributed by atoms with van der Waals surface area (Å²) in [6.45, 7) is 4.68. The number of aliphatic imine (C=N–C) groups is 1. The molecule has 0 atom stereocenters. The fourth-order valence-electron chi connectivity index (χ4n) is 0.862. The summed E-state index contributed by atoms with van der Waals surface area (Å²) in [6, 6.07) is 0. The van der Waals surface area contributed by atoms with E-state index in [-0.39, 0.29) is 0 Å². The monoisotopic (exact) mass is 236 g/mol. The maximum atomic E-state index is 11.4. The number of nitrogens with one attached hydrogen (secondary N) is 1. The van der Waals surface area contributed by atoms with E-state index < -0.39 is 14.6 Å². The molecule has 0 radical (unpaired) electrons. The fourth-order valence-corrected chi connectivity index (χ4v) is 1.93. The third kappa shape index (κ3) is 2.88. The zero-order valence-corrected chi connectivity index (χ0v) is 10.3. The van der Waals surface area contributed by atoms with Crippen LogP contribution in [-0.4, -0.2) is 43.4 Å². The first-order valence-electron chi connectivity index (χ1n) is 4.44. The van der Waals surface area contributed by atoms with Gasteiger partial charge in [-0.15, -0.1) is 0 Å². The molecule has 1 rings (SSSR count). The smallest absolute Gasteiger partial charge is 0.156 e. The second-order valence-electron chi connectivity index (χ2n) is 3.92. The Morgan fingerprint density at radius 3 is 2.64 bits per heavy atom. The van der Waals surface area contributed by atoms with Crippen LogP contribution < -0.4 is 5.32 Å². The predicted octanol–water partition coefficient (Wildman–Crippen LogP) is 0.502. The SMILES string of the molecule is CC(C)(CNC1=NCCS1)S(C)(=O)=O. The molecule has 82 valence electrons. The van der Waals surface area contributed by atoms with Gasteiger partial charge in [-0.3, -0.25) is 4.99 Å². The van der Waals surface area contributed by atoms with E-state index in [1.54, 1.807) is 25.6 Å². The summed E-state index contributed by atoms with van der Waals surface area (Å²) in [4.78, 5) is 4.19. The average Bonchev–Trinajstić information content (AvgIpc) is 2.50. The van der Waals surface area contributed by atoms with E-state index in [0.29, 0.717) is 6.54 Å². The summed E-state index contributed by atoms with van der Waals surface area (Å²) in [5.41, 5.74) is 0. The van der Waals surface area contributed by atoms with E-state index in [1.807, 2.05) is 0 Å². The van der Waals surface area contributed by atoms with Crippen molar-refractivity contribution in [3.8, 4) is 0 Å². The van der Waals surface area contributed by atoms with Gasteiger partial charge in [0.05, 0.1) is 11.3 Å². The Hall–Kier alpha value is -0.230. The molecule has 0 aromatic carbocycles. The Labute approximate surface area is 89.5 Å². The first-order chi connectivity index (χ1) is 6.33. The maximum absolute atomic E-state index is 11.4. The number of rotatable bonds is 3. The number of nitrogens with zero attached hydrogens (tertiary/aromatic N) is 1. The van der Waals surface area contributed by atoms with E-state index >= 15 is 0 Å². The lowest BCUT2D eigenvalue weighted by atomic mass is 10.2. The van der Waals surface area contributed by atoms with E-state index in [4.69, 9.17) is 0 Å². The molecule has 0 fully saturated rings. The zero-order chi connectivity index (χ0) is 10.8. The quantitative estimate of drug-likeness (QED) is 0.775. The van der Waals surface area contributed by atoms with Gasteiger partial charge in [0, 0.05) is 18.6 Å². The van der Waals surface area contributed by atoms with Crippen LogP contribution in [0, 0.1) is 0 Å². The van der Waals surface area contributed by atoms with E-state index in [9.17, 15) is 8.42 Å². The van der Waals surface area contributed by atoms with Gasteiger partial charge in [0.2, 0.25) is 0 Å². The number of thioether (sulfide) groups is 1. The molecule has 14 heavy (non-hydrogen) atoms. The Kier molecular flexibility index (Phi) is 3.47. The van der Waals surface area contributed by atoms with E-state index in [2.05, 4.69) is 10.3 Å². The van der Waals surface area contributed by atoms with Crippen LogP contribution >= 0.6 is 11.8 Å². The van der Waals surface area contributed by atoms with Crippen molar-refractivity contribution in [1.29, 1.82) is 0 Å². The van der Waals surface area contributed by atoms with Gasteiger partial charge in [-0.05, 0) is 13.8 Å². The number of amidine groups is 1. The molecule has 0 unspecified atom stereocenters.